The van der Waals surface area contributed by atoms with Crippen molar-refractivity contribution >= 4 is 18.0 Å². The van der Waals surface area contributed by atoms with Crippen molar-refractivity contribution in [2.45, 2.75) is 26.9 Å². The lowest BCUT2D eigenvalue weighted by Gasteiger charge is -2.14. The van der Waals surface area contributed by atoms with Crippen LogP contribution in [0.1, 0.15) is 20.8 Å². The van der Waals surface area contributed by atoms with Crippen molar-refractivity contribution in [1.82, 2.24) is 5.32 Å². The summed E-state index contributed by atoms with van der Waals surface area (Å²) in [5.74, 6) is -1.07. The van der Waals surface area contributed by atoms with Crippen molar-refractivity contribution in [3.63, 3.8) is 0 Å². The van der Waals surface area contributed by atoms with Crippen LogP contribution >= 0.6 is 0 Å². The van der Waals surface area contributed by atoms with E-state index < -0.39 is 24.1 Å². The maximum atomic E-state index is 11.4. The van der Waals surface area contributed by atoms with Crippen LogP contribution in [0.2, 0.25) is 0 Å². The van der Waals surface area contributed by atoms with Gasteiger partial charge in [-0.05, 0) is 20.8 Å². The van der Waals surface area contributed by atoms with Gasteiger partial charge in [0.15, 0.2) is 0 Å². The first-order valence-corrected chi connectivity index (χ1v) is 6.33. The fourth-order valence-electron chi connectivity index (χ4n) is 0.995. The number of carbonyl (C=O) groups excluding carboxylic acids is 3. The smallest absolute Gasteiger partial charge is 0.407 e. The van der Waals surface area contributed by atoms with Crippen LogP contribution in [0.5, 0.6) is 0 Å². The average molecular weight is 299 g/mol. The van der Waals surface area contributed by atoms with E-state index in [0.717, 1.165) is 0 Å². The topological polar surface area (TPSA) is 90.9 Å². The van der Waals surface area contributed by atoms with Crippen molar-refractivity contribution in [3.05, 3.63) is 24.3 Å². The number of ether oxygens (including phenoxy) is 3. The molecular weight excluding hydrogens is 278 g/mol. The van der Waals surface area contributed by atoms with Gasteiger partial charge in [0.25, 0.3) is 0 Å². The van der Waals surface area contributed by atoms with E-state index in [1.807, 2.05) is 0 Å². The Morgan fingerprint density at radius 1 is 1.05 bits per heavy atom. The first-order valence-electron chi connectivity index (χ1n) is 6.33. The Kier molecular flexibility index (Phi) is 8.52. The Morgan fingerprint density at radius 3 is 2.10 bits per heavy atom. The second-order valence-corrected chi connectivity index (χ2v) is 4.44. The molecule has 1 N–H and O–H groups in total. The van der Waals surface area contributed by atoms with E-state index in [-0.39, 0.29) is 30.9 Å². The molecule has 0 aromatic carbocycles. The molecule has 0 aliphatic rings. The highest BCUT2D eigenvalue weighted by Gasteiger charge is 2.12. The molecule has 1 atom stereocenters. The van der Waals surface area contributed by atoms with Crippen molar-refractivity contribution in [2.75, 3.05) is 19.8 Å². The molecule has 0 aliphatic carbocycles. The zero-order chi connectivity index (χ0) is 16.4. The lowest BCUT2D eigenvalue weighted by molar-refractivity contribution is -0.141. The van der Waals surface area contributed by atoms with Crippen LogP contribution in [0.15, 0.2) is 24.3 Å². The second kappa shape index (κ2) is 9.57. The van der Waals surface area contributed by atoms with Gasteiger partial charge in [-0.25, -0.2) is 14.4 Å². The molecule has 0 heterocycles. The molecule has 0 rings (SSSR count). The van der Waals surface area contributed by atoms with Crippen molar-refractivity contribution < 1.29 is 28.6 Å². The van der Waals surface area contributed by atoms with E-state index in [9.17, 15) is 14.4 Å². The summed E-state index contributed by atoms with van der Waals surface area (Å²) >= 11 is 0. The number of carbonyl (C=O) groups is 3. The molecular formula is C14H21NO6. The molecule has 118 valence electrons. The number of hydrogen-bond acceptors (Lipinski definition) is 6. The Balaban J connectivity index is 3.78. The molecule has 0 bridgehead atoms. The first kappa shape index (κ1) is 18.7. The van der Waals surface area contributed by atoms with Gasteiger partial charge in [-0.2, -0.15) is 0 Å². The molecule has 0 radical (unpaired) electrons. The minimum absolute atomic E-state index is 0.0137. The summed E-state index contributed by atoms with van der Waals surface area (Å²) in [7, 11) is 0. The third-order valence-electron chi connectivity index (χ3n) is 2.06. The van der Waals surface area contributed by atoms with E-state index in [4.69, 9.17) is 14.2 Å². The normalized spacial score (nSPS) is 11.0. The first-order chi connectivity index (χ1) is 9.73. The predicted octanol–water partition coefficient (Wildman–Crippen LogP) is 1.34. The Morgan fingerprint density at radius 2 is 1.57 bits per heavy atom. The van der Waals surface area contributed by atoms with Gasteiger partial charge in [0.1, 0.15) is 19.3 Å². The summed E-state index contributed by atoms with van der Waals surface area (Å²) in [5.41, 5.74) is 0.552. The van der Waals surface area contributed by atoms with Crippen LogP contribution in [0.4, 0.5) is 4.79 Å². The third-order valence-corrected chi connectivity index (χ3v) is 2.06. The zero-order valence-corrected chi connectivity index (χ0v) is 12.6. The van der Waals surface area contributed by atoms with Gasteiger partial charge in [0.05, 0.1) is 6.54 Å². The maximum absolute atomic E-state index is 11.4. The van der Waals surface area contributed by atoms with Gasteiger partial charge in [-0.15, -0.1) is 0 Å². The highest BCUT2D eigenvalue weighted by molar-refractivity contribution is 5.87. The van der Waals surface area contributed by atoms with E-state index >= 15 is 0 Å². The molecule has 0 fully saturated rings. The number of nitrogens with one attached hydrogen (secondary N) is 1. The fraction of sp³-hybridized carbons (Fsp3) is 0.500. The highest BCUT2D eigenvalue weighted by atomic mass is 16.6. The predicted molar refractivity (Wildman–Crippen MR) is 75.5 cm³/mol. The number of alkyl carbamates (subject to hydrolysis) is 1. The van der Waals surface area contributed by atoms with Crippen LogP contribution in [0.3, 0.4) is 0 Å². The van der Waals surface area contributed by atoms with Crippen LogP contribution in [0.25, 0.3) is 0 Å². The molecule has 0 aliphatic heterocycles. The number of rotatable bonds is 8. The van der Waals surface area contributed by atoms with Gasteiger partial charge in [-0.3, -0.25) is 0 Å². The molecule has 0 aromatic rings. The average Bonchev–Trinajstić information content (AvgIpc) is 2.40. The molecule has 1 amide bonds. The summed E-state index contributed by atoms with van der Waals surface area (Å²) in [6, 6.07) is 0. The lowest BCUT2D eigenvalue weighted by atomic mass is 10.3. The molecule has 0 saturated heterocycles. The standard InChI is InChI=1S/C14H21NO6/c1-9(2)12(16)19-7-6-15-14(18)21-11(5)8-20-13(17)10(3)4/h11H,1,3,6-8H2,2,4-5H3,(H,15,18). The van der Waals surface area contributed by atoms with E-state index in [2.05, 4.69) is 18.5 Å². The summed E-state index contributed by atoms with van der Waals surface area (Å²) in [5, 5.41) is 2.39. The SMILES string of the molecule is C=C(C)C(=O)OCCNC(=O)OC(C)COC(=O)C(=C)C. The minimum atomic E-state index is -0.694. The minimum Gasteiger partial charge on any atom is -0.460 e. The molecule has 21 heavy (non-hydrogen) atoms. The molecule has 7 nitrogen and oxygen atoms in total. The van der Waals surface area contributed by atoms with Crippen molar-refractivity contribution in [1.29, 1.82) is 0 Å². The summed E-state index contributed by atoms with van der Waals surface area (Å²) in [6.45, 7) is 11.5. The quantitative estimate of drug-likeness (QED) is 0.315. The van der Waals surface area contributed by atoms with Crippen molar-refractivity contribution in [2.24, 2.45) is 0 Å². The molecule has 1 unspecified atom stereocenters. The van der Waals surface area contributed by atoms with Gasteiger partial charge >= 0.3 is 18.0 Å². The fourth-order valence-corrected chi connectivity index (χ4v) is 0.995. The summed E-state index contributed by atoms with van der Waals surface area (Å²) in [4.78, 5) is 33.5. The molecule has 7 heteroatoms. The third kappa shape index (κ3) is 9.26. The van der Waals surface area contributed by atoms with Crippen LogP contribution in [-0.4, -0.2) is 43.9 Å². The Bertz CT molecular complexity index is 429. The second-order valence-electron chi connectivity index (χ2n) is 4.44. The largest absolute Gasteiger partial charge is 0.460 e. The molecule has 0 aromatic heterocycles. The lowest BCUT2D eigenvalue weighted by Crippen LogP contribution is -2.32. The van der Waals surface area contributed by atoms with Gasteiger partial charge < -0.3 is 19.5 Å². The molecule has 0 spiro atoms. The zero-order valence-electron chi connectivity index (χ0n) is 12.6. The Labute approximate surface area is 123 Å². The highest BCUT2D eigenvalue weighted by Crippen LogP contribution is 1.97. The van der Waals surface area contributed by atoms with Gasteiger partial charge in [0, 0.05) is 11.1 Å². The Hall–Kier alpha value is -2.31. The van der Waals surface area contributed by atoms with E-state index in [1.165, 1.54) is 13.8 Å². The number of esters is 2. The maximum Gasteiger partial charge on any atom is 0.407 e. The van der Waals surface area contributed by atoms with Crippen LogP contribution in [-0.2, 0) is 23.8 Å². The van der Waals surface area contributed by atoms with E-state index in [0.29, 0.717) is 0 Å². The molecule has 0 saturated carbocycles. The monoisotopic (exact) mass is 299 g/mol. The van der Waals surface area contributed by atoms with Crippen LogP contribution < -0.4 is 5.32 Å². The van der Waals surface area contributed by atoms with Gasteiger partial charge in [0.2, 0.25) is 0 Å². The summed E-state index contributed by atoms with van der Waals surface area (Å²) < 4.78 is 14.5. The van der Waals surface area contributed by atoms with E-state index in [1.54, 1.807) is 6.92 Å². The van der Waals surface area contributed by atoms with Gasteiger partial charge in [-0.1, -0.05) is 13.2 Å². The van der Waals surface area contributed by atoms with Crippen LogP contribution in [0, 0.1) is 0 Å². The number of hydrogen-bond donors (Lipinski definition) is 1. The summed E-state index contributed by atoms with van der Waals surface area (Å²) in [6.07, 6.45) is -1.30. The number of amides is 1. The van der Waals surface area contributed by atoms with Crippen molar-refractivity contribution in [3.8, 4) is 0 Å².